The maximum Gasteiger partial charge on any atom is 0.269 e. The van der Waals surface area contributed by atoms with Gasteiger partial charge in [-0.05, 0) is 60.7 Å². The molecule has 1 amide bonds. The van der Waals surface area contributed by atoms with Gasteiger partial charge in [0.2, 0.25) is 0 Å². The molecule has 1 N–H and O–H groups in total. The second-order valence-corrected chi connectivity index (χ2v) is 9.29. The molecular weight excluding hydrogens is 540 g/mol. The summed E-state index contributed by atoms with van der Waals surface area (Å²) < 4.78 is 37.6. The topological polar surface area (TPSA) is 91.0 Å². The minimum atomic E-state index is -0.772. The second kappa shape index (κ2) is 9.90. The van der Waals surface area contributed by atoms with Crippen LogP contribution < -0.4 is 15.6 Å². The Morgan fingerprint density at radius 1 is 0.925 bits per heavy atom. The van der Waals surface area contributed by atoms with Crippen molar-refractivity contribution < 1.29 is 18.3 Å². The van der Waals surface area contributed by atoms with Crippen LogP contribution in [0.2, 0.25) is 5.02 Å². The molecular formula is C29H18ClF2N5O3. The molecule has 0 aliphatic rings. The molecule has 0 bridgehead atoms. The zero-order chi connectivity index (χ0) is 28.0. The molecule has 0 saturated carbocycles. The van der Waals surface area contributed by atoms with Crippen molar-refractivity contribution in [3.8, 4) is 17.2 Å². The average Bonchev–Trinajstić information content (AvgIpc) is 3.33. The molecule has 4 heterocycles. The van der Waals surface area contributed by atoms with Gasteiger partial charge in [0.15, 0.2) is 11.6 Å². The predicted octanol–water partition coefficient (Wildman–Crippen LogP) is 6.25. The summed E-state index contributed by atoms with van der Waals surface area (Å²) >= 11 is 5.95. The number of benzene rings is 2. The summed E-state index contributed by atoms with van der Waals surface area (Å²) in [4.78, 5) is 35.2. The van der Waals surface area contributed by atoms with Crippen molar-refractivity contribution in [2.75, 3.05) is 5.32 Å². The summed E-state index contributed by atoms with van der Waals surface area (Å²) in [6, 6.07) is 15.8. The van der Waals surface area contributed by atoms with Gasteiger partial charge in [-0.15, -0.1) is 0 Å². The highest BCUT2D eigenvalue weighted by atomic mass is 35.5. The van der Waals surface area contributed by atoms with Crippen molar-refractivity contribution in [1.82, 2.24) is 19.1 Å². The Bertz CT molecular complexity index is 2020. The minimum Gasteiger partial charge on any atom is -0.453 e. The molecule has 6 aromatic rings. The zero-order valence-electron chi connectivity index (χ0n) is 20.7. The molecule has 0 radical (unpaired) electrons. The first kappa shape index (κ1) is 25.2. The summed E-state index contributed by atoms with van der Waals surface area (Å²) in [5.74, 6) is -1.78. The van der Waals surface area contributed by atoms with Gasteiger partial charge in [0.05, 0.1) is 16.1 Å². The number of aromatic nitrogens is 4. The Kier molecular flexibility index (Phi) is 6.24. The molecule has 0 aliphatic heterocycles. The lowest BCUT2D eigenvalue weighted by atomic mass is 10.1. The smallest absolute Gasteiger partial charge is 0.269 e. The number of rotatable bonds is 5. The van der Waals surface area contributed by atoms with Crippen LogP contribution >= 0.6 is 11.6 Å². The van der Waals surface area contributed by atoms with Crippen LogP contribution in [0.15, 0.2) is 90.1 Å². The number of pyridine rings is 3. The molecule has 11 heteroatoms. The first-order valence-electron chi connectivity index (χ1n) is 11.9. The van der Waals surface area contributed by atoms with E-state index in [0.29, 0.717) is 22.2 Å². The van der Waals surface area contributed by atoms with Crippen LogP contribution in [0, 0.1) is 11.6 Å². The van der Waals surface area contributed by atoms with E-state index in [1.54, 1.807) is 24.4 Å². The number of nitrogens with one attached hydrogen (secondary N) is 1. The average molecular weight is 558 g/mol. The van der Waals surface area contributed by atoms with Crippen molar-refractivity contribution in [2.45, 2.75) is 0 Å². The maximum absolute atomic E-state index is 15.0. The van der Waals surface area contributed by atoms with Crippen molar-refractivity contribution in [3.63, 3.8) is 0 Å². The third-order valence-electron chi connectivity index (χ3n) is 6.31. The number of aryl methyl sites for hydroxylation is 1. The number of amides is 1. The molecule has 0 saturated heterocycles. The largest absolute Gasteiger partial charge is 0.453 e. The van der Waals surface area contributed by atoms with Crippen LogP contribution in [-0.2, 0) is 7.05 Å². The molecule has 0 aliphatic carbocycles. The van der Waals surface area contributed by atoms with Crippen molar-refractivity contribution in [3.05, 3.63) is 118 Å². The molecule has 6 rings (SSSR count). The van der Waals surface area contributed by atoms with Crippen LogP contribution in [0.4, 0.5) is 14.5 Å². The number of hydrogen-bond acceptors (Lipinski definition) is 5. The second-order valence-electron chi connectivity index (χ2n) is 8.89. The fraction of sp³-hybridized carbons (Fsp3) is 0.0345. The van der Waals surface area contributed by atoms with Crippen LogP contribution in [0.5, 0.6) is 11.5 Å². The van der Waals surface area contributed by atoms with E-state index in [-0.39, 0.29) is 33.4 Å². The normalized spacial score (nSPS) is 11.2. The lowest BCUT2D eigenvalue weighted by Crippen LogP contribution is -2.29. The van der Waals surface area contributed by atoms with Crippen molar-refractivity contribution in [2.24, 2.45) is 7.05 Å². The highest BCUT2D eigenvalue weighted by Gasteiger charge is 2.19. The third kappa shape index (κ3) is 4.44. The van der Waals surface area contributed by atoms with Gasteiger partial charge in [-0.25, -0.2) is 18.7 Å². The van der Waals surface area contributed by atoms with Gasteiger partial charge in [0.1, 0.15) is 28.4 Å². The van der Waals surface area contributed by atoms with E-state index in [0.717, 1.165) is 12.1 Å². The lowest BCUT2D eigenvalue weighted by molar-refractivity contribution is 0.102. The van der Waals surface area contributed by atoms with Crippen LogP contribution in [0.3, 0.4) is 0 Å². The number of anilines is 1. The summed E-state index contributed by atoms with van der Waals surface area (Å²) in [5.41, 5.74) is 0.326. The monoisotopic (exact) mass is 557 g/mol. The Morgan fingerprint density at radius 3 is 2.55 bits per heavy atom. The van der Waals surface area contributed by atoms with Gasteiger partial charge < -0.3 is 14.6 Å². The SMILES string of the molecule is Cn1ccc2c(Oc3ccc(NC(=O)c4cc5cccnc5n(-c5ccc(F)c(Cl)c5)c4=O)cc3F)ccnc21. The van der Waals surface area contributed by atoms with Gasteiger partial charge in [-0.3, -0.25) is 14.2 Å². The summed E-state index contributed by atoms with van der Waals surface area (Å²) in [7, 11) is 1.84. The Hall–Kier alpha value is -5.09. The Morgan fingerprint density at radius 2 is 1.75 bits per heavy atom. The highest BCUT2D eigenvalue weighted by Crippen LogP contribution is 2.32. The Balaban J connectivity index is 1.32. The first-order valence-corrected chi connectivity index (χ1v) is 12.3. The number of carbonyl (C=O) groups excluding carboxylic acids is 1. The molecule has 40 heavy (non-hydrogen) atoms. The number of halogens is 3. The molecule has 0 spiro atoms. The van der Waals surface area contributed by atoms with E-state index in [2.05, 4.69) is 15.3 Å². The minimum absolute atomic E-state index is 0.0540. The highest BCUT2D eigenvalue weighted by molar-refractivity contribution is 6.30. The number of fused-ring (bicyclic) bond motifs is 2. The zero-order valence-corrected chi connectivity index (χ0v) is 21.5. The quantitative estimate of drug-likeness (QED) is 0.271. The lowest BCUT2D eigenvalue weighted by Gasteiger charge is -2.13. The fourth-order valence-corrected chi connectivity index (χ4v) is 4.55. The van der Waals surface area contributed by atoms with E-state index >= 15 is 4.39 Å². The van der Waals surface area contributed by atoms with Gasteiger partial charge in [0.25, 0.3) is 11.5 Å². The third-order valence-corrected chi connectivity index (χ3v) is 6.60. The molecule has 2 aromatic carbocycles. The van der Waals surface area contributed by atoms with E-state index in [1.807, 2.05) is 23.9 Å². The van der Waals surface area contributed by atoms with Gasteiger partial charge in [-0.1, -0.05) is 11.6 Å². The number of carbonyl (C=O) groups is 1. The number of ether oxygens (including phenoxy) is 1. The van der Waals surface area contributed by atoms with Crippen LogP contribution in [-0.4, -0.2) is 25.0 Å². The summed E-state index contributed by atoms with van der Waals surface area (Å²) in [6.45, 7) is 0. The van der Waals surface area contributed by atoms with E-state index in [9.17, 15) is 14.0 Å². The predicted molar refractivity (Wildman–Crippen MR) is 147 cm³/mol. The van der Waals surface area contributed by atoms with E-state index in [1.165, 1.54) is 41.1 Å². The van der Waals surface area contributed by atoms with Gasteiger partial charge >= 0.3 is 0 Å². The maximum atomic E-state index is 15.0. The molecule has 8 nitrogen and oxygen atoms in total. The Labute approximate surface area is 230 Å². The van der Waals surface area contributed by atoms with E-state index < -0.39 is 23.1 Å². The van der Waals surface area contributed by atoms with Crippen LogP contribution in [0.25, 0.3) is 27.8 Å². The van der Waals surface area contributed by atoms with Crippen molar-refractivity contribution >= 4 is 45.3 Å². The number of nitrogens with zero attached hydrogens (tertiary/aromatic N) is 4. The molecule has 0 atom stereocenters. The first-order chi connectivity index (χ1) is 19.3. The molecule has 198 valence electrons. The van der Waals surface area contributed by atoms with Gasteiger partial charge in [-0.2, -0.15) is 0 Å². The molecule has 4 aromatic heterocycles. The molecule has 0 fully saturated rings. The molecule has 0 unspecified atom stereocenters. The van der Waals surface area contributed by atoms with Gasteiger partial charge in [0, 0.05) is 42.8 Å². The fourth-order valence-electron chi connectivity index (χ4n) is 4.38. The van der Waals surface area contributed by atoms with Crippen LogP contribution in [0.1, 0.15) is 10.4 Å². The summed E-state index contributed by atoms with van der Waals surface area (Å²) in [6.07, 6.45) is 4.88. The number of hydrogen-bond donors (Lipinski definition) is 1. The standard InChI is InChI=1S/C29H18ClF2N5O3/c1-36-12-9-19-24(8-11-34-27(19)36)40-25-7-4-17(14-23(25)32)35-28(38)20-13-16-3-2-10-33-26(16)37(29(20)39)18-5-6-22(31)21(30)15-18/h2-15H,1H3,(H,35,38). The van der Waals surface area contributed by atoms with E-state index in [4.69, 9.17) is 16.3 Å². The summed E-state index contributed by atoms with van der Waals surface area (Å²) in [5, 5.41) is 3.56. The van der Waals surface area contributed by atoms with Crippen molar-refractivity contribution in [1.29, 1.82) is 0 Å².